The van der Waals surface area contributed by atoms with Crippen LogP contribution < -0.4 is 5.32 Å². The van der Waals surface area contributed by atoms with Crippen LogP contribution >= 0.6 is 11.8 Å². The van der Waals surface area contributed by atoms with Crippen molar-refractivity contribution < 1.29 is 9.59 Å². The number of nitrogens with one attached hydrogen (secondary N) is 1. The topological polar surface area (TPSA) is 52.7 Å². The fourth-order valence-corrected chi connectivity index (χ4v) is 5.82. The highest BCUT2D eigenvalue weighted by Crippen LogP contribution is 2.44. The van der Waals surface area contributed by atoms with E-state index < -0.39 is 0 Å². The van der Waals surface area contributed by atoms with Crippen LogP contribution in [0.5, 0.6) is 0 Å². The molecule has 5 nitrogen and oxygen atoms in total. The lowest BCUT2D eigenvalue weighted by atomic mass is 10.0. The van der Waals surface area contributed by atoms with Crippen molar-refractivity contribution in [3.05, 3.63) is 65.2 Å². The molecule has 2 fully saturated rings. The van der Waals surface area contributed by atoms with Gasteiger partial charge in [-0.05, 0) is 49.9 Å². The van der Waals surface area contributed by atoms with Gasteiger partial charge in [-0.1, -0.05) is 42.8 Å². The van der Waals surface area contributed by atoms with E-state index in [1.807, 2.05) is 77.0 Å². The first kappa shape index (κ1) is 20.8. The van der Waals surface area contributed by atoms with Crippen LogP contribution in [0.1, 0.15) is 41.3 Å². The van der Waals surface area contributed by atoms with Crippen LogP contribution in [0, 0.1) is 6.92 Å². The number of rotatable bonds is 3. The zero-order chi connectivity index (χ0) is 21.1. The molecule has 1 spiro atoms. The molecule has 158 valence electrons. The van der Waals surface area contributed by atoms with E-state index in [9.17, 15) is 9.59 Å². The molecule has 2 heterocycles. The third-order valence-electron chi connectivity index (χ3n) is 6.19. The number of amides is 3. The molecule has 0 radical (unpaired) electrons. The van der Waals surface area contributed by atoms with Gasteiger partial charge >= 0.3 is 6.03 Å². The molecule has 30 heavy (non-hydrogen) atoms. The molecule has 2 aromatic rings. The van der Waals surface area contributed by atoms with Crippen LogP contribution in [-0.4, -0.2) is 52.0 Å². The fraction of sp³-hybridized carbons (Fsp3) is 0.417. The van der Waals surface area contributed by atoms with Crippen LogP contribution in [0.3, 0.4) is 0 Å². The number of aryl methyl sites for hydroxylation is 2. The Balaban J connectivity index is 1.41. The van der Waals surface area contributed by atoms with Gasteiger partial charge in [0.05, 0.1) is 4.87 Å². The van der Waals surface area contributed by atoms with Crippen LogP contribution in [-0.2, 0) is 6.42 Å². The highest BCUT2D eigenvalue weighted by Gasteiger charge is 2.47. The molecule has 2 saturated heterocycles. The summed E-state index contributed by atoms with van der Waals surface area (Å²) >= 11 is 1.87. The lowest BCUT2D eigenvalue weighted by Crippen LogP contribution is -2.54. The van der Waals surface area contributed by atoms with Gasteiger partial charge in [-0.3, -0.25) is 4.79 Å². The summed E-state index contributed by atoms with van der Waals surface area (Å²) in [6.45, 7) is 6.21. The monoisotopic (exact) mass is 423 g/mol. The predicted octanol–water partition coefficient (Wildman–Crippen LogP) is 4.77. The number of nitrogens with zero attached hydrogens (tertiary/aromatic N) is 2. The Labute approximate surface area is 182 Å². The number of carbonyl (C=O) groups excluding carboxylic acids is 2. The minimum Gasteiger partial charge on any atom is -0.324 e. The molecular formula is C24H29N3O2S. The van der Waals surface area contributed by atoms with E-state index in [0.717, 1.165) is 53.9 Å². The van der Waals surface area contributed by atoms with Crippen molar-refractivity contribution in [1.29, 1.82) is 0 Å². The van der Waals surface area contributed by atoms with Gasteiger partial charge < -0.3 is 15.1 Å². The maximum Gasteiger partial charge on any atom is 0.321 e. The summed E-state index contributed by atoms with van der Waals surface area (Å²) in [6.07, 6.45) is 2.49. The normalized spacial score (nSPS) is 17.9. The molecule has 0 atom stereocenters. The van der Waals surface area contributed by atoms with Crippen LogP contribution in [0.4, 0.5) is 10.5 Å². The van der Waals surface area contributed by atoms with E-state index >= 15 is 0 Å². The van der Waals surface area contributed by atoms with Gasteiger partial charge in [-0.2, -0.15) is 0 Å². The quantitative estimate of drug-likeness (QED) is 0.774. The highest BCUT2D eigenvalue weighted by molar-refractivity contribution is 8.00. The molecule has 3 amide bonds. The van der Waals surface area contributed by atoms with E-state index in [0.29, 0.717) is 13.1 Å². The van der Waals surface area contributed by atoms with Gasteiger partial charge in [-0.25, -0.2) is 4.79 Å². The molecule has 2 aliphatic heterocycles. The summed E-state index contributed by atoms with van der Waals surface area (Å²) in [7, 11) is 0. The SMILES string of the molecule is CCc1ccccc1NC(=O)N1CCC2(CC1)SCCN2C(=O)c1ccc(C)cc1. The number of thioether (sulfide) groups is 1. The molecule has 6 heteroatoms. The van der Waals surface area contributed by atoms with Gasteiger partial charge in [0.25, 0.3) is 5.91 Å². The van der Waals surface area contributed by atoms with E-state index in [4.69, 9.17) is 0 Å². The Kier molecular flexibility index (Phi) is 6.04. The molecule has 0 aliphatic carbocycles. The number of likely N-dealkylation sites (tertiary alicyclic amines) is 1. The van der Waals surface area contributed by atoms with Crippen molar-refractivity contribution in [3.63, 3.8) is 0 Å². The van der Waals surface area contributed by atoms with Crippen molar-refractivity contribution in [2.24, 2.45) is 0 Å². The van der Waals surface area contributed by atoms with Crippen LogP contribution in [0.15, 0.2) is 48.5 Å². The van der Waals surface area contributed by atoms with Crippen molar-refractivity contribution in [3.8, 4) is 0 Å². The van der Waals surface area contributed by atoms with Gasteiger partial charge in [-0.15, -0.1) is 11.8 Å². The van der Waals surface area contributed by atoms with Gasteiger partial charge in [0.15, 0.2) is 0 Å². The van der Waals surface area contributed by atoms with Crippen LogP contribution in [0.25, 0.3) is 0 Å². The number of piperidine rings is 1. The molecule has 0 aromatic heterocycles. The molecule has 0 bridgehead atoms. The highest BCUT2D eigenvalue weighted by atomic mass is 32.2. The zero-order valence-electron chi connectivity index (χ0n) is 17.7. The first-order chi connectivity index (χ1) is 14.5. The number of urea groups is 1. The fourth-order valence-electron chi connectivity index (χ4n) is 4.37. The zero-order valence-corrected chi connectivity index (χ0v) is 18.5. The first-order valence-corrected chi connectivity index (χ1v) is 11.7. The van der Waals surface area contributed by atoms with Crippen LogP contribution in [0.2, 0.25) is 0 Å². The summed E-state index contributed by atoms with van der Waals surface area (Å²) in [4.78, 5) is 29.7. The molecular weight excluding hydrogens is 394 g/mol. The van der Waals surface area contributed by atoms with Crippen molar-refractivity contribution in [2.75, 3.05) is 30.7 Å². The maximum atomic E-state index is 13.2. The second-order valence-corrected chi connectivity index (χ2v) is 9.50. The second-order valence-electron chi connectivity index (χ2n) is 8.05. The summed E-state index contributed by atoms with van der Waals surface area (Å²) in [5.41, 5.74) is 3.93. The van der Waals surface area contributed by atoms with Gasteiger partial charge in [0, 0.05) is 36.6 Å². The van der Waals surface area contributed by atoms with E-state index in [1.54, 1.807) is 0 Å². The third-order valence-corrected chi connectivity index (χ3v) is 7.75. The number of hydrogen-bond acceptors (Lipinski definition) is 3. The third kappa shape index (κ3) is 4.06. The van der Waals surface area contributed by atoms with Gasteiger partial charge in [0.1, 0.15) is 0 Å². The van der Waals surface area contributed by atoms with E-state index in [2.05, 4.69) is 12.2 Å². The summed E-state index contributed by atoms with van der Waals surface area (Å²) in [5, 5.41) is 3.07. The van der Waals surface area contributed by atoms with E-state index in [-0.39, 0.29) is 16.8 Å². The Morgan fingerprint density at radius 1 is 1.03 bits per heavy atom. The largest absolute Gasteiger partial charge is 0.324 e. The molecule has 0 saturated carbocycles. The first-order valence-electron chi connectivity index (χ1n) is 10.7. The summed E-state index contributed by atoms with van der Waals surface area (Å²) in [5.74, 6) is 1.06. The smallest absolute Gasteiger partial charge is 0.321 e. The number of anilines is 1. The lowest BCUT2D eigenvalue weighted by Gasteiger charge is -2.44. The average Bonchev–Trinajstić information content (AvgIpc) is 3.17. The maximum absolute atomic E-state index is 13.2. The predicted molar refractivity (Wildman–Crippen MR) is 123 cm³/mol. The Bertz CT molecular complexity index is 920. The van der Waals surface area contributed by atoms with Crippen molar-refractivity contribution in [1.82, 2.24) is 9.80 Å². The van der Waals surface area contributed by atoms with Crippen molar-refractivity contribution in [2.45, 2.75) is 38.0 Å². The van der Waals surface area contributed by atoms with Crippen molar-refractivity contribution >= 4 is 29.4 Å². The Morgan fingerprint density at radius 2 is 1.73 bits per heavy atom. The van der Waals surface area contributed by atoms with Gasteiger partial charge in [0.2, 0.25) is 0 Å². The standard InChI is InChI=1S/C24H29N3O2S/c1-3-19-6-4-5-7-21(19)25-23(29)26-14-12-24(13-15-26)27(16-17-30-24)22(28)20-10-8-18(2)9-11-20/h4-11H,3,12-17H2,1-2H3,(H,25,29). The molecule has 2 aromatic carbocycles. The molecule has 1 N–H and O–H groups in total. The summed E-state index contributed by atoms with van der Waals surface area (Å²) in [6, 6.07) is 15.7. The Hall–Kier alpha value is -2.47. The second kappa shape index (κ2) is 8.72. The molecule has 0 unspecified atom stereocenters. The van der Waals surface area contributed by atoms with E-state index in [1.165, 1.54) is 0 Å². The number of hydrogen-bond donors (Lipinski definition) is 1. The number of benzene rings is 2. The number of carbonyl (C=O) groups is 2. The number of para-hydroxylation sites is 1. The molecule has 2 aliphatic rings. The minimum atomic E-state index is -0.194. The summed E-state index contributed by atoms with van der Waals surface area (Å²) < 4.78 is 0. The lowest BCUT2D eigenvalue weighted by molar-refractivity contribution is 0.0585. The minimum absolute atomic E-state index is 0.0508. The average molecular weight is 424 g/mol. The Morgan fingerprint density at radius 3 is 2.43 bits per heavy atom. The molecule has 4 rings (SSSR count).